The Balaban J connectivity index is 3.09. The molecule has 6 heteroatoms. The fourth-order valence-electron chi connectivity index (χ4n) is 1.65. The van der Waals surface area contributed by atoms with Gasteiger partial charge in [0.25, 0.3) is 0 Å². The molecule has 0 aliphatic heterocycles. The van der Waals surface area contributed by atoms with Gasteiger partial charge in [-0.15, -0.1) is 12.6 Å². The number of thiol groups is 1. The molecule has 0 fully saturated rings. The number of hydrogen-bond acceptors (Lipinski definition) is 2. The van der Waals surface area contributed by atoms with Gasteiger partial charge in [-0.25, -0.2) is 0 Å². The van der Waals surface area contributed by atoms with Gasteiger partial charge in [0.1, 0.15) is 0 Å². The second-order valence-electron chi connectivity index (χ2n) is 4.36. The van der Waals surface area contributed by atoms with Crippen molar-refractivity contribution in [1.29, 1.82) is 0 Å². The molecule has 0 atom stereocenters. The maximum absolute atomic E-state index is 10.6. The van der Waals surface area contributed by atoms with Crippen LogP contribution in [0.25, 0.3) is 0 Å². The van der Waals surface area contributed by atoms with E-state index < -0.39 is 7.60 Å². The normalized spacial score (nSPS) is 11.7. The van der Waals surface area contributed by atoms with Crippen LogP contribution in [0.5, 0.6) is 0 Å². The third-order valence-electron chi connectivity index (χ3n) is 2.59. The third-order valence-corrected chi connectivity index (χ3v) is 3.92. The Hall–Kier alpha value is 0.590. The first-order valence-electron chi connectivity index (χ1n) is 6.18. The molecule has 0 bridgehead atoms. The largest absolute Gasteiger partial charge is 0.325 e. The fourth-order valence-corrected chi connectivity index (χ4v) is 2.59. The first-order valence-corrected chi connectivity index (χ1v) is 8.83. The van der Waals surface area contributed by atoms with Crippen molar-refractivity contribution in [3.05, 3.63) is 0 Å². The molecule has 0 saturated carbocycles. The fraction of sp³-hybridized carbons (Fsp3) is 0.909. The zero-order valence-electron chi connectivity index (χ0n) is 10.2. The summed E-state index contributed by atoms with van der Waals surface area (Å²) in [6.07, 6.45) is 9.50. The molecule has 3 nitrogen and oxygen atoms in total. The monoisotopic (exact) mass is 298 g/mol. The summed E-state index contributed by atoms with van der Waals surface area (Å²) in [7, 11) is -3.77. The minimum absolute atomic E-state index is 0.0341. The van der Waals surface area contributed by atoms with Crippen LogP contribution in [-0.2, 0) is 4.57 Å². The Morgan fingerprint density at radius 2 is 1.35 bits per heavy atom. The summed E-state index contributed by atoms with van der Waals surface area (Å²) in [5, 5.41) is 0. The lowest BCUT2D eigenvalue weighted by molar-refractivity contribution is 0.370. The highest BCUT2D eigenvalue weighted by atomic mass is 32.1. The number of rotatable bonds is 11. The van der Waals surface area contributed by atoms with Gasteiger partial charge in [0.15, 0.2) is 0 Å². The van der Waals surface area contributed by atoms with Crippen LogP contribution in [0.3, 0.4) is 0 Å². The minimum atomic E-state index is -3.77. The summed E-state index contributed by atoms with van der Waals surface area (Å²) in [4.78, 5) is 17.3. The molecule has 17 heavy (non-hydrogen) atoms. The van der Waals surface area contributed by atoms with E-state index >= 15 is 0 Å². The smallest absolute Gasteiger partial charge is 0.324 e. The van der Waals surface area contributed by atoms with Gasteiger partial charge in [-0.05, 0) is 19.3 Å². The van der Waals surface area contributed by atoms with Crippen molar-refractivity contribution >= 4 is 36.6 Å². The summed E-state index contributed by atoms with van der Waals surface area (Å²) in [6, 6.07) is 0. The first kappa shape index (κ1) is 17.6. The van der Waals surface area contributed by atoms with E-state index in [1.165, 1.54) is 19.3 Å². The molecular formula is C11H23O3PS2. The zero-order chi connectivity index (χ0) is 13.1. The van der Waals surface area contributed by atoms with Crippen LogP contribution >= 0.6 is 32.4 Å². The SMILES string of the molecule is O=P(O)(O)CCCCCCCCCCC(=S)S. The second-order valence-corrected chi connectivity index (χ2v) is 7.47. The van der Waals surface area contributed by atoms with Gasteiger partial charge in [-0.2, -0.15) is 0 Å². The molecule has 0 aromatic rings. The predicted octanol–water partition coefficient (Wildman–Crippen LogP) is 3.93. The van der Waals surface area contributed by atoms with Gasteiger partial charge in [-0.3, -0.25) is 4.57 Å². The maximum atomic E-state index is 10.6. The van der Waals surface area contributed by atoms with Gasteiger partial charge in [-0.1, -0.05) is 50.7 Å². The van der Waals surface area contributed by atoms with E-state index in [0.717, 1.165) is 36.3 Å². The third kappa shape index (κ3) is 16.6. The topological polar surface area (TPSA) is 57.5 Å². The van der Waals surface area contributed by atoms with Crippen LogP contribution in [-0.4, -0.2) is 20.1 Å². The maximum Gasteiger partial charge on any atom is 0.325 e. The minimum Gasteiger partial charge on any atom is -0.324 e. The molecule has 0 spiro atoms. The molecule has 0 aliphatic rings. The van der Waals surface area contributed by atoms with Crippen LogP contribution in [0, 0.1) is 0 Å². The lowest BCUT2D eigenvalue weighted by Gasteiger charge is -2.03. The van der Waals surface area contributed by atoms with E-state index in [2.05, 4.69) is 12.6 Å². The highest BCUT2D eigenvalue weighted by Crippen LogP contribution is 2.35. The molecule has 0 rings (SSSR count). The van der Waals surface area contributed by atoms with Crippen molar-refractivity contribution in [1.82, 2.24) is 0 Å². The van der Waals surface area contributed by atoms with Crippen molar-refractivity contribution in [2.75, 3.05) is 6.16 Å². The van der Waals surface area contributed by atoms with Crippen LogP contribution in [0.1, 0.15) is 57.8 Å². The molecule has 0 saturated heterocycles. The number of unbranched alkanes of at least 4 members (excludes halogenated alkanes) is 7. The quantitative estimate of drug-likeness (QED) is 0.234. The van der Waals surface area contributed by atoms with Crippen LogP contribution in [0.2, 0.25) is 0 Å². The molecule has 0 aliphatic carbocycles. The van der Waals surface area contributed by atoms with E-state index in [-0.39, 0.29) is 6.16 Å². The molecule has 102 valence electrons. The Morgan fingerprint density at radius 3 is 1.76 bits per heavy atom. The van der Waals surface area contributed by atoms with E-state index in [4.69, 9.17) is 22.0 Å². The van der Waals surface area contributed by atoms with Crippen molar-refractivity contribution in [3.63, 3.8) is 0 Å². The highest BCUT2D eigenvalue weighted by Gasteiger charge is 2.10. The van der Waals surface area contributed by atoms with Gasteiger partial charge in [0.2, 0.25) is 0 Å². The highest BCUT2D eigenvalue weighted by molar-refractivity contribution is 8.11. The van der Waals surface area contributed by atoms with Gasteiger partial charge in [0, 0.05) is 10.4 Å². The van der Waals surface area contributed by atoms with E-state index in [1.54, 1.807) is 0 Å². The Bertz CT molecular complexity index is 253. The molecule has 0 radical (unpaired) electrons. The Labute approximate surface area is 115 Å². The number of thiocarbonyl (C=S) groups is 1. The summed E-state index contributed by atoms with van der Waals surface area (Å²) < 4.78 is 11.4. The van der Waals surface area contributed by atoms with Gasteiger partial charge >= 0.3 is 7.60 Å². The molecule has 0 aromatic heterocycles. The van der Waals surface area contributed by atoms with E-state index in [0.29, 0.717) is 6.42 Å². The predicted molar refractivity (Wildman–Crippen MR) is 80.0 cm³/mol. The summed E-state index contributed by atoms with van der Waals surface area (Å²) in [5.41, 5.74) is 0. The lowest BCUT2D eigenvalue weighted by Crippen LogP contribution is -1.88. The second kappa shape index (κ2) is 10.5. The van der Waals surface area contributed by atoms with Crippen LogP contribution in [0.15, 0.2) is 0 Å². The summed E-state index contributed by atoms with van der Waals surface area (Å²) >= 11 is 8.95. The zero-order valence-corrected chi connectivity index (χ0v) is 12.8. The van der Waals surface area contributed by atoms with Crippen molar-refractivity contribution in [2.24, 2.45) is 0 Å². The molecule has 0 unspecified atom stereocenters. The molecule has 0 amide bonds. The van der Waals surface area contributed by atoms with Crippen LogP contribution in [0.4, 0.5) is 0 Å². The lowest BCUT2D eigenvalue weighted by atomic mass is 10.1. The average molecular weight is 298 g/mol. The van der Waals surface area contributed by atoms with Crippen molar-refractivity contribution < 1.29 is 14.4 Å². The van der Waals surface area contributed by atoms with E-state index in [9.17, 15) is 4.57 Å². The molecule has 0 heterocycles. The molecule has 0 aromatic carbocycles. The summed E-state index contributed by atoms with van der Waals surface area (Å²) in [6.45, 7) is 0. The first-order chi connectivity index (χ1) is 7.92. The summed E-state index contributed by atoms with van der Waals surface area (Å²) in [5.74, 6) is 0. The average Bonchev–Trinajstić information content (AvgIpc) is 2.18. The van der Waals surface area contributed by atoms with E-state index in [1.807, 2.05) is 0 Å². The molecular weight excluding hydrogens is 275 g/mol. The molecule has 2 N–H and O–H groups in total. The van der Waals surface area contributed by atoms with Gasteiger partial charge in [0.05, 0.1) is 0 Å². The number of hydrogen-bond donors (Lipinski definition) is 3. The standard InChI is InChI=1S/C11H23O3PS2/c12-15(13,14)10-8-6-4-2-1-3-5-7-9-11(16)17/h1-10H2,(H,16,17)(H2,12,13,14). The Morgan fingerprint density at radius 1 is 0.941 bits per heavy atom. The van der Waals surface area contributed by atoms with Crippen LogP contribution < -0.4 is 0 Å². The van der Waals surface area contributed by atoms with Crippen molar-refractivity contribution in [3.8, 4) is 0 Å². The van der Waals surface area contributed by atoms with Gasteiger partial charge < -0.3 is 9.79 Å². The van der Waals surface area contributed by atoms with Crippen molar-refractivity contribution in [2.45, 2.75) is 57.8 Å². The Kier molecular flexibility index (Phi) is 10.9.